The Kier molecular flexibility index (Phi) is 5.26. The van der Waals surface area contributed by atoms with Crippen LogP contribution in [0.15, 0.2) is 12.1 Å². The molecule has 1 rings (SSSR count). The normalized spacial score (nSPS) is 12.7. The van der Waals surface area contributed by atoms with E-state index in [-0.39, 0.29) is 24.2 Å². The van der Waals surface area contributed by atoms with Gasteiger partial charge in [-0.05, 0) is 32.6 Å². The predicted molar refractivity (Wildman–Crippen MR) is 69.3 cm³/mol. The maximum absolute atomic E-state index is 13.5. The van der Waals surface area contributed by atoms with E-state index in [9.17, 15) is 14.3 Å². The van der Waals surface area contributed by atoms with Gasteiger partial charge in [-0.3, -0.25) is 4.79 Å². The lowest BCUT2D eigenvalue weighted by Gasteiger charge is -2.17. The van der Waals surface area contributed by atoms with Crippen LogP contribution in [0, 0.1) is 5.82 Å². The second-order valence-electron chi connectivity index (χ2n) is 4.78. The summed E-state index contributed by atoms with van der Waals surface area (Å²) in [5.41, 5.74) is 6.49. The van der Waals surface area contributed by atoms with Gasteiger partial charge >= 0.3 is 5.97 Å². The molecular weight excluding hydrogens is 251 g/mol. The number of carboxylic acids is 1. The number of halogens is 1. The van der Waals surface area contributed by atoms with Crippen LogP contribution in [0.2, 0.25) is 0 Å². The van der Waals surface area contributed by atoms with E-state index < -0.39 is 17.8 Å². The van der Waals surface area contributed by atoms with Crippen LogP contribution in [-0.4, -0.2) is 35.2 Å². The van der Waals surface area contributed by atoms with Gasteiger partial charge < -0.3 is 20.8 Å². The number of benzene rings is 1. The van der Waals surface area contributed by atoms with E-state index in [0.29, 0.717) is 12.1 Å². The van der Waals surface area contributed by atoms with Crippen molar-refractivity contribution in [2.75, 3.05) is 14.1 Å². The van der Waals surface area contributed by atoms with Crippen molar-refractivity contribution in [3.63, 3.8) is 0 Å². The third-order valence-electron chi connectivity index (χ3n) is 2.74. The molecular formula is C13H19FN2O3. The van der Waals surface area contributed by atoms with Gasteiger partial charge in [0.05, 0.1) is 0 Å². The first-order valence-electron chi connectivity index (χ1n) is 5.94. The molecule has 106 valence electrons. The molecule has 0 aliphatic carbocycles. The zero-order valence-corrected chi connectivity index (χ0v) is 11.1. The second-order valence-corrected chi connectivity index (χ2v) is 4.78. The fourth-order valence-corrected chi connectivity index (χ4v) is 1.86. The highest BCUT2D eigenvalue weighted by Crippen LogP contribution is 2.31. The zero-order valence-electron chi connectivity index (χ0n) is 11.1. The zero-order chi connectivity index (χ0) is 14.6. The molecule has 0 heterocycles. The predicted octanol–water partition coefficient (Wildman–Crippen LogP) is 1.46. The summed E-state index contributed by atoms with van der Waals surface area (Å²) in [6, 6.07) is 1.71. The molecule has 0 aliphatic rings. The smallest absolute Gasteiger partial charge is 0.303 e. The minimum atomic E-state index is -0.972. The molecule has 0 amide bonds. The van der Waals surface area contributed by atoms with E-state index in [2.05, 4.69) is 0 Å². The van der Waals surface area contributed by atoms with E-state index in [0.717, 1.165) is 6.07 Å². The highest BCUT2D eigenvalue weighted by molar-refractivity contribution is 5.66. The standard InChI is InChI=1S/C13H19FN2O3/c1-16(2)7-8-5-9(14)6-10(13(8)19)11(15)3-4-12(17)18/h5-6,11,19H,3-4,7,15H2,1-2H3,(H,17,18). The lowest BCUT2D eigenvalue weighted by atomic mass is 9.98. The van der Waals surface area contributed by atoms with Crippen LogP contribution in [0.1, 0.15) is 30.0 Å². The van der Waals surface area contributed by atoms with Crippen LogP contribution in [0.4, 0.5) is 4.39 Å². The maximum atomic E-state index is 13.5. The van der Waals surface area contributed by atoms with Gasteiger partial charge in [0.1, 0.15) is 11.6 Å². The van der Waals surface area contributed by atoms with Crippen molar-refractivity contribution in [3.05, 3.63) is 29.1 Å². The number of nitrogens with zero attached hydrogens (tertiary/aromatic N) is 1. The molecule has 1 unspecified atom stereocenters. The number of phenolic OH excluding ortho intramolecular Hbond substituents is 1. The van der Waals surface area contributed by atoms with E-state index in [1.807, 2.05) is 0 Å². The van der Waals surface area contributed by atoms with Gasteiger partial charge in [-0.2, -0.15) is 0 Å². The third kappa shape index (κ3) is 4.50. The number of aliphatic carboxylic acids is 1. The van der Waals surface area contributed by atoms with Crippen molar-refractivity contribution in [2.45, 2.75) is 25.4 Å². The highest BCUT2D eigenvalue weighted by atomic mass is 19.1. The maximum Gasteiger partial charge on any atom is 0.303 e. The molecule has 1 atom stereocenters. The number of carboxylic acid groups (broad SMARTS) is 1. The largest absolute Gasteiger partial charge is 0.507 e. The summed E-state index contributed by atoms with van der Waals surface area (Å²) in [6.45, 7) is 0.377. The Balaban J connectivity index is 2.99. The number of nitrogens with two attached hydrogens (primary N) is 1. The van der Waals surface area contributed by atoms with Crippen molar-refractivity contribution in [3.8, 4) is 5.75 Å². The Morgan fingerprint density at radius 3 is 2.63 bits per heavy atom. The summed E-state index contributed by atoms with van der Waals surface area (Å²) in [6.07, 6.45) is 0.0217. The monoisotopic (exact) mass is 270 g/mol. The lowest BCUT2D eigenvalue weighted by Crippen LogP contribution is -2.15. The van der Waals surface area contributed by atoms with Gasteiger partial charge in [0.2, 0.25) is 0 Å². The fourth-order valence-electron chi connectivity index (χ4n) is 1.86. The van der Waals surface area contributed by atoms with Crippen LogP contribution < -0.4 is 5.73 Å². The summed E-state index contributed by atoms with van der Waals surface area (Å²) in [4.78, 5) is 12.3. The third-order valence-corrected chi connectivity index (χ3v) is 2.74. The molecule has 4 N–H and O–H groups in total. The summed E-state index contributed by atoms with van der Waals surface area (Å²) < 4.78 is 13.5. The van der Waals surface area contributed by atoms with E-state index in [1.165, 1.54) is 6.07 Å². The van der Waals surface area contributed by atoms with Gasteiger partial charge in [-0.1, -0.05) is 0 Å². The minimum Gasteiger partial charge on any atom is -0.507 e. The molecule has 0 saturated heterocycles. The minimum absolute atomic E-state index is 0.0620. The van der Waals surface area contributed by atoms with Crippen molar-refractivity contribution in [1.82, 2.24) is 4.90 Å². The molecule has 1 aromatic rings. The Labute approximate surface area is 111 Å². The number of hydrogen-bond donors (Lipinski definition) is 3. The number of rotatable bonds is 6. The molecule has 0 bridgehead atoms. The second kappa shape index (κ2) is 6.49. The molecule has 5 nitrogen and oxygen atoms in total. The van der Waals surface area contributed by atoms with Crippen LogP contribution in [0.3, 0.4) is 0 Å². The van der Waals surface area contributed by atoms with E-state index >= 15 is 0 Å². The summed E-state index contributed by atoms with van der Waals surface area (Å²) in [5, 5.41) is 18.7. The van der Waals surface area contributed by atoms with Crippen molar-refractivity contribution in [1.29, 1.82) is 0 Å². The van der Waals surface area contributed by atoms with Gasteiger partial charge in [0.15, 0.2) is 0 Å². The quantitative estimate of drug-likeness (QED) is 0.728. The number of phenols is 1. The Morgan fingerprint density at radius 2 is 2.11 bits per heavy atom. The van der Waals surface area contributed by atoms with E-state index in [1.54, 1.807) is 19.0 Å². The Hall–Kier alpha value is -1.66. The van der Waals surface area contributed by atoms with Gasteiger partial charge in [-0.15, -0.1) is 0 Å². The summed E-state index contributed by atoms with van der Waals surface area (Å²) in [5.74, 6) is -1.52. The summed E-state index contributed by atoms with van der Waals surface area (Å²) in [7, 11) is 3.60. The average molecular weight is 270 g/mol. The van der Waals surface area contributed by atoms with Gasteiger partial charge in [0, 0.05) is 30.1 Å². The highest BCUT2D eigenvalue weighted by Gasteiger charge is 2.17. The fraction of sp³-hybridized carbons (Fsp3) is 0.462. The molecule has 0 radical (unpaired) electrons. The molecule has 19 heavy (non-hydrogen) atoms. The SMILES string of the molecule is CN(C)Cc1cc(F)cc(C(N)CCC(=O)O)c1O. The molecule has 0 aromatic heterocycles. The number of carbonyl (C=O) groups is 1. The van der Waals surface area contributed by atoms with Crippen LogP contribution in [-0.2, 0) is 11.3 Å². The summed E-state index contributed by atoms with van der Waals surface area (Å²) >= 11 is 0. The average Bonchev–Trinajstić information content (AvgIpc) is 2.29. The molecule has 0 aliphatic heterocycles. The molecule has 1 aromatic carbocycles. The van der Waals surface area contributed by atoms with Gasteiger partial charge in [0.25, 0.3) is 0 Å². The first-order chi connectivity index (χ1) is 8.81. The van der Waals surface area contributed by atoms with Crippen LogP contribution >= 0.6 is 0 Å². The first-order valence-corrected chi connectivity index (χ1v) is 5.94. The van der Waals surface area contributed by atoms with Crippen molar-refractivity contribution >= 4 is 5.97 Å². The number of aromatic hydroxyl groups is 1. The van der Waals surface area contributed by atoms with Crippen molar-refractivity contribution < 1.29 is 19.4 Å². The Morgan fingerprint density at radius 1 is 1.47 bits per heavy atom. The number of hydrogen-bond acceptors (Lipinski definition) is 4. The van der Waals surface area contributed by atoms with Gasteiger partial charge in [-0.25, -0.2) is 4.39 Å². The topological polar surface area (TPSA) is 86.8 Å². The molecule has 6 heteroatoms. The first kappa shape index (κ1) is 15.4. The van der Waals surface area contributed by atoms with E-state index in [4.69, 9.17) is 10.8 Å². The Bertz CT molecular complexity index is 463. The molecule has 0 fully saturated rings. The van der Waals surface area contributed by atoms with Crippen LogP contribution in [0.25, 0.3) is 0 Å². The lowest BCUT2D eigenvalue weighted by molar-refractivity contribution is -0.137. The van der Waals surface area contributed by atoms with Crippen molar-refractivity contribution in [2.24, 2.45) is 5.73 Å². The molecule has 0 saturated carbocycles. The molecule has 0 spiro atoms. The van der Waals surface area contributed by atoms with Crippen LogP contribution in [0.5, 0.6) is 5.75 Å².